The summed E-state index contributed by atoms with van der Waals surface area (Å²) in [6, 6.07) is 14.2. The number of carbonyl (C=O) groups is 6. The Labute approximate surface area is 361 Å². The molecule has 2 aromatic heterocycles. The van der Waals surface area contributed by atoms with Crippen molar-refractivity contribution in [2.75, 3.05) is 66.7 Å². The van der Waals surface area contributed by atoms with Gasteiger partial charge in [0, 0.05) is 39.3 Å². The molecule has 1 aliphatic rings. The number of hydrogen-bond donors (Lipinski definition) is 6. The number of amides is 4. The van der Waals surface area contributed by atoms with Crippen LogP contribution in [0.4, 0.5) is 0 Å². The normalized spacial score (nSPS) is 23.6. The molecule has 0 spiro atoms. The SMILES string of the molecule is COC(=O)[C@@]1(C)CNC[C@@](C)(OCCNC(=O)c2cnc3ccccc3n2)C(=O)N[C@@](C)(C(=O)OC)CNC[C@@](C)(OCCNC(=O)c2cnc3ccccc3n2)C(=O)N1.[Ni+2]. The van der Waals surface area contributed by atoms with Crippen LogP contribution < -0.4 is 31.9 Å². The Morgan fingerprint density at radius 1 is 0.607 bits per heavy atom. The first kappa shape index (κ1) is 47.9. The summed E-state index contributed by atoms with van der Waals surface area (Å²) in [6.07, 6.45) is 2.71. The van der Waals surface area contributed by atoms with Crippen molar-refractivity contribution < 1.29 is 64.2 Å². The Kier molecular flexibility index (Phi) is 16.3. The van der Waals surface area contributed by atoms with Crippen LogP contribution in [0.3, 0.4) is 0 Å². The Balaban J connectivity index is 0.00000819. The van der Waals surface area contributed by atoms with Gasteiger partial charge < -0.3 is 50.8 Å². The maximum absolute atomic E-state index is 14.1. The van der Waals surface area contributed by atoms with Crippen molar-refractivity contribution in [1.82, 2.24) is 51.8 Å². The molecule has 21 heteroatoms. The van der Waals surface area contributed by atoms with E-state index in [1.165, 1.54) is 40.1 Å². The van der Waals surface area contributed by atoms with Gasteiger partial charge in [-0.2, -0.15) is 0 Å². The number of ether oxygens (including phenoxy) is 4. The number of nitrogens with one attached hydrogen (secondary N) is 6. The van der Waals surface area contributed by atoms with Crippen LogP contribution in [-0.4, -0.2) is 144 Å². The molecule has 0 bridgehead atoms. The molecule has 3 heterocycles. The van der Waals surface area contributed by atoms with E-state index in [0.29, 0.717) is 22.1 Å². The van der Waals surface area contributed by atoms with E-state index in [0.717, 1.165) is 14.2 Å². The predicted molar refractivity (Wildman–Crippen MR) is 215 cm³/mol. The molecule has 328 valence electrons. The number of fused-ring (bicyclic) bond motifs is 2. The van der Waals surface area contributed by atoms with Gasteiger partial charge in [-0.3, -0.25) is 29.1 Å². The standard InChI is InChI=1S/C40H50N10O10.Ni/c1-37(35(55)57-5)21-41-23-40(4,60-18-16-44-32(52)30-20-46-26-12-8-10-14-28(26)48-30)34(54)50-38(2,36(56)58-6)22-42-24-39(3,33(53)49-37)59-17-15-43-31(51)29-19-45-25-11-7-9-13-27(25)47-29;/h7-14,19-20,41-42H,15-18,21-24H2,1-6H3,(H,43,51)(H,44,52)(H,49,53)(H,50,54);/q;+2/t37-,38-,39-,40-;/m1./s1. The molecule has 0 aliphatic carbocycles. The van der Waals surface area contributed by atoms with Gasteiger partial charge in [-0.15, -0.1) is 0 Å². The summed E-state index contributed by atoms with van der Waals surface area (Å²) in [5, 5.41) is 16.9. The van der Waals surface area contributed by atoms with Crippen molar-refractivity contribution in [1.29, 1.82) is 0 Å². The van der Waals surface area contributed by atoms with Gasteiger partial charge in [0.2, 0.25) is 0 Å². The third kappa shape index (κ3) is 11.8. The number of rotatable bonds is 12. The Morgan fingerprint density at radius 2 is 0.967 bits per heavy atom. The smallest absolute Gasteiger partial charge is 0.467 e. The molecule has 0 unspecified atom stereocenters. The Hall–Kier alpha value is -5.73. The summed E-state index contributed by atoms with van der Waals surface area (Å²) >= 11 is 0. The van der Waals surface area contributed by atoms with E-state index in [4.69, 9.17) is 18.9 Å². The molecular weight excluding hydrogens is 839 g/mol. The van der Waals surface area contributed by atoms with Crippen molar-refractivity contribution in [2.24, 2.45) is 0 Å². The number of carbonyl (C=O) groups excluding carboxylic acids is 6. The van der Waals surface area contributed by atoms with Crippen LogP contribution in [0, 0.1) is 0 Å². The number of esters is 2. The van der Waals surface area contributed by atoms with Crippen molar-refractivity contribution in [3.63, 3.8) is 0 Å². The zero-order valence-corrected chi connectivity index (χ0v) is 35.6. The zero-order valence-electron chi connectivity index (χ0n) is 34.6. The Morgan fingerprint density at radius 3 is 1.33 bits per heavy atom. The van der Waals surface area contributed by atoms with Gasteiger partial charge in [0.1, 0.15) is 22.5 Å². The topological polar surface area (TPSA) is 263 Å². The van der Waals surface area contributed by atoms with Crippen molar-refractivity contribution in [3.05, 3.63) is 72.3 Å². The van der Waals surface area contributed by atoms with Crippen LogP contribution in [0.2, 0.25) is 0 Å². The minimum atomic E-state index is -1.71. The van der Waals surface area contributed by atoms with E-state index in [1.54, 1.807) is 36.4 Å². The first-order valence-corrected chi connectivity index (χ1v) is 19.1. The first-order chi connectivity index (χ1) is 28.5. The van der Waals surface area contributed by atoms with Gasteiger partial charge in [-0.25, -0.2) is 19.6 Å². The zero-order chi connectivity index (χ0) is 43.6. The second kappa shape index (κ2) is 20.7. The van der Waals surface area contributed by atoms with Crippen LogP contribution >= 0.6 is 0 Å². The van der Waals surface area contributed by atoms with Gasteiger partial charge in [0.15, 0.2) is 11.2 Å². The molecule has 4 aromatic rings. The second-order valence-corrected chi connectivity index (χ2v) is 14.9. The third-order valence-corrected chi connectivity index (χ3v) is 9.87. The summed E-state index contributed by atoms with van der Waals surface area (Å²) in [4.78, 5) is 97.6. The number of nitrogens with zero attached hydrogens (tertiary/aromatic N) is 4. The van der Waals surface area contributed by atoms with Gasteiger partial charge in [-0.05, 0) is 52.0 Å². The predicted octanol–water partition coefficient (Wildman–Crippen LogP) is -0.430. The summed E-state index contributed by atoms with van der Waals surface area (Å²) in [5.41, 5.74) is -4.31. The quantitative estimate of drug-likeness (QED) is 0.0599. The van der Waals surface area contributed by atoms with Gasteiger partial charge >= 0.3 is 28.4 Å². The summed E-state index contributed by atoms with van der Waals surface area (Å²) in [5.74, 6) is -4.10. The Bertz CT molecular complexity index is 2100. The number of hydrogen-bond acceptors (Lipinski definition) is 16. The molecule has 20 nitrogen and oxygen atoms in total. The monoisotopic (exact) mass is 888 g/mol. The maximum Gasteiger partial charge on any atom is 2.00 e. The molecule has 5 rings (SSSR count). The maximum atomic E-state index is 14.1. The fourth-order valence-corrected chi connectivity index (χ4v) is 6.24. The number of methoxy groups -OCH3 is 2. The summed E-state index contributed by atoms with van der Waals surface area (Å²) in [7, 11) is 2.33. The molecule has 1 fully saturated rings. The van der Waals surface area contributed by atoms with Gasteiger partial charge in [0.05, 0.1) is 61.9 Å². The van der Waals surface area contributed by atoms with E-state index in [-0.39, 0.29) is 80.4 Å². The molecule has 0 saturated carbocycles. The molecular formula is C40H50N10NiO10+2. The fourth-order valence-electron chi connectivity index (χ4n) is 6.24. The van der Waals surface area contributed by atoms with Crippen molar-refractivity contribution in [2.45, 2.75) is 50.0 Å². The first-order valence-electron chi connectivity index (χ1n) is 19.1. The average Bonchev–Trinajstić information content (AvgIpc) is 3.25. The summed E-state index contributed by atoms with van der Waals surface area (Å²) in [6.45, 7) is 4.40. The van der Waals surface area contributed by atoms with Crippen LogP contribution in [0.1, 0.15) is 48.7 Å². The van der Waals surface area contributed by atoms with Crippen LogP contribution in [0.15, 0.2) is 60.9 Å². The van der Waals surface area contributed by atoms with Crippen molar-refractivity contribution >= 4 is 57.6 Å². The van der Waals surface area contributed by atoms with E-state index in [9.17, 15) is 28.8 Å². The number of para-hydroxylation sites is 4. The molecule has 0 radical (unpaired) electrons. The van der Waals surface area contributed by atoms with Gasteiger partial charge in [0.25, 0.3) is 23.6 Å². The van der Waals surface area contributed by atoms with Gasteiger partial charge in [-0.1, -0.05) is 24.3 Å². The van der Waals surface area contributed by atoms with E-state index >= 15 is 0 Å². The third-order valence-electron chi connectivity index (χ3n) is 9.87. The van der Waals surface area contributed by atoms with Crippen LogP contribution in [0.5, 0.6) is 0 Å². The minimum absolute atomic E-state index is 0. The molecule has 1 aliphatic heterocycles. The second-order valence-electron chi connectivity index (χ2n) is 14.9. The minimum Gasteiger partial charge on any atom is -0.467 e. The fraction of sp³-hybridized carbons (Fsp3) is 0.450. The molecule has 6 N–H and O–H groups in total. The molecule has 4 amide bonds. The number of benzene rings is 2. The van der Waals surface area contributed by atoms with Crippen molar-refractivity contribution in [3.8, 4) is 0 Å². The molecule has 2 aromatic carbocycles. The molecule has 4 atom stereocenters. The molecule has 61 heavy (non-hydrogen) atoms. The van der Waals surface area contributed by atoms with E-state index < -0.39 is 57.8 Å². The van der Waals surface area contributed by atoms with Crippen LogP contribution in [-0.2, 0) is 54.6 Å². The van der Waals surface area contributed by atoms with E-state index in [1.807, 2.05) is 12.1 Å². The van der Waals surface area contributed by atoms with E-state index in [2.05, 4.69) is 51.8 Å². The molecule has 1 saturated heterocycles. The largest absolute Gasteiger partial charge is 2.00 e. The van der Waals surface area contributed by atoms with Crippen LogP contribution in [0.25, 0.3) is 22.1 Å². The average molecular weight is 890 g/mol. The summed E-state index contributed by atoms with van der Waals surface area (Å²) < 4.78 is 22.3. The number of aromatic nitrogens is 4.